The SMILES string of the molecule is CC(C)N1CNC(=O)C(N=O)=C1N. The van der Waals surface area contributed by atoms with E-state index >= 15 is 0 Å². The first kappa shape index (κ1) is 9.50. The van der Waals surface area contributed by atoms with Crippen LogP contribution >= 0.6 is 0 Å². The molecule has 0 saturated carbocycles. The van der Waals surface area contributed by atoms with E-state index in [1.54, 1.807) is 4.90 Å². The van der Waals surface area contributed by atoms with E-state index in [-0.39, 0.29) is 17.6 Å². The van der Waals surface area contributed by atoms with Gasteiger partial charge in [-0.3, -0.25) is 4.79 Å². The lowest BCUT2D eigenvalue weighted by molar-refractivity contribution is -0.119. The third kappa shape index (κ3) is 1.61. The molecular weight excluding hydrogens is 172 g/mol. The van der Waals surface area contributed by atoms with Gasteiger partial charge in [-0.05, 0) is 19.0 Å². The van der Waals surface area contributed by atoms with Gasteiger partial charge in [0.2, 0.25) is 5.70 Å². The molecule has 3 N–H and O–H groups in total. The molecule has 1 amide bonds. The van der Waals surface area contributed by atoms with E-state index in [4.69, 9.17) is 5.73 Å². The molecule has 0 bridgehead atoms. The summed E-state index contributed by atoms with van der Waals surface area (Å²) >= 11 is 0. The van der Waals surface area contributed by atoms with E-state index in [1.165, 1.54) is 0 Å². The minimum absolute atomic E-state index is 0.123. The van der Waals surface area contributed by atoms with Crippen molar-refractivity contribution >= 4 is 5.91 Å². The van der Waals surface area contributed by atoms with Crippen LogP contribution in [0.2, 0.25) is 0 Å². The number of hydrogen-bond acceptors (Lipinski definition) is 5. The molecule has 0 aliphatic carbocycles. The molecule has 0 aromatic rings. The van der Waals surface area contributed by atoms with Gasteiger partial charge in [0, 0.05) is 6.04 Å². The van der Waals surface area contributed by atoms with Crippen molar-refractivity contribution in [3.8, 4) is 0 Å². The summed E-state index contributed by atoms with van der Waals surface area (Å²) in [7, 11) is 0. The van der Waals surface area contributed by atoms with Crippen LogP contribution in [-0.2, 0) is 4.79 Å². The molecule has 0 unspecified atom stereocenters. The van der Waals surface area contributed by atoms with Gasteiger partial charge in [0.05, 0.1) is 6.67 Å². The van der Waals surface area contributed by atoms with Gasteiger partial charge < -0.3 is 16.0 Å². The van der Waals surface area contributed by atoms with Gasteiger partial charge in [-0.15, -0.1) is 4.91 Å². The summed E-state index contributed by atoms with van der Waals surface area (Å²) in [6.45, 7) is 4.14. The Morgan fingerprint density at radius 1 is 1.62 bits per heavy atom. The fraction of sp³-hybridized carbons (Fsp3) is 0.571. The number of carbonyl (C=O) groups excluding carboxylic acids is 1. The summed E-state index contributed by atoms with van der Waals surface area (Å²) in [5, 5.41) is 5.09. The van der Waals surface area contributed by atoms with E-state index in [0.29, 0.717) is 6.67 Å². The maximum atomic E-state index is 11.0. The van der Waals surface area contributed by atoms with Crippen LogP contribution in [0.25, 0.3) is 0 Å². The van der Waals surface area contributed by atoms with Crippen LogP contribution in [0, 0.1) is 4.91 Å². The molecule has 0 radical (unpaired) electrons. The first-order valence-electron chi connectivity index (χ1n) is 3.96. The van der Waals surface area contributed by atoms with E-state index in [0.717, 1.165) is 0 Å². The van der Waals surface area contributed by atoms with E-state index in [9.17, 15) is 9.70 Å². The van der Waals surface area contributed by atoms with Gasteiger partial charge in [0.1, 0.15) is 5.82 Å². The second-order valence-corrected chi connectivity index (χ2v) is 3.05. The molecule has 1 aliphatic heterocycles. The normalized spacial score (nSPS) is 17.8. The summed E-state index contributed by atoms with van der Waals surface area (Å²) in [5.41, 5.74) is 5.34. The average Bonchev–Trinajstić information content (AvgIpc) is 2.04. The van der Waals surface area contributed by atoms with Crippen molar-refractivity contribution in [1.29, 1.82) is 0 Å². The number of nitrogens with two attached hydrogens (primary N) is 1. The lowest BCUT2D eigenvalue weighted by Gasteiger charge is -2.32. The number of nitrogens with one attached hydrogen (secondary N) is 1. The quantitative estimate of drug-likeness (QED) is 0.575. The van der Waals surface area contributed by atoms with Crippen molar-refractivity contribution in [1.82, 2.24) is 10.2 Å². The molecule has 0 aromatic carbocycles. The number of nitroso groups, excluding NO2 is 1. The second kappa shape index (κ2) is 3.42. The minimum Gasteiger partial charge on any atom is -0.383 e. The highest BCUT2D eigenvalue weighted by atomic mass is 16.3. The highest BCUT2D eigenvalue weighted by molar-refractivity contribution is 5.94. The number of nitrogens with zero attached hydrogens (tertiary/aromatic N) is 2. The Labute approximate surface area is 75.7 Å². The minimum atomic E-state index is -0.510. The molecule has 0 saturated heterocycles. The fourth-order valence-electron chi connectivity index (χ4n) is 1.13. The Kier molecular flexibility index (Phi) is 2.50. The maximum absolute atomic E-state index is 11.0. The second-order valence-electron chi connectivity index (χ2n) is 3.05. The van der Waals surface area contributed by atoms with Crippen LogP contribution in [0.5, 0.6) is 0 Å². The third-order valence-corrected chi connectivity index (χ3v) is 1.89. The molecule has 1 heterocycles. The van der Waals surface area contributed by atoms with Gasteiger partial charge in [-0.1, -0.05) is 0 Å². The predicted octanol–water partition coefficient (Wildman–Crippen LogP) is -0.322. The first-order chi connectivity index (χ1) is 6.07. The van der Waals surface area contributed by atoms with Gasteiger partial charge in [0.15, 0.2) is 0 Å². The number of hydrogen-bond donors (Lipinski definition) is 2. The Bertz CT molecular complexity index is 272. The summed E-state index contributed by atoms with van der Waals surface area (Å²) in [6, 6.07) is 0.123. The largest absolute Gasteiger partial charge is 0.383 e. The van der Waals surface area contributed by atoms with Crippen LogP contribution in [0.15, 0.2) is 16.7 Å². The summed E-state index contributed by atoms with van der Waals surface area (Å²) in [4.78, 5) is 23.0. The first-order valence-corrected chi connectivity index (χ1v) is 3.96. The van der Waals surface area contributed by atoms with Crippen molar-refractivity contribution < 1.29 is 4.79 Å². The van der Waals surface area contributed by atoms with E-state index in [2.05, 4.69) is 10.5 Å². The van der Waals surface area contributed by atoms with Crippen molar-refractivity contribution in [3.05, 3.63) is 16.4 Å². The Hall–Kier alpha value is -1.59. The third-order valence-electron chi connectivity index (χ3n) is 1.89. The van der Waals surface area contributed by atoms with Crippen LogP contribution in [0.1, 0.15) is 13.8 Å². The molecule has 1 aliphatic rings. The molecule has 13 heavy (non-hydrogen) atoms. The lowest BCUT2D eigenvalue weighted by atomic mass is 10.2. The molecule has 0 fully saturated rings. The van der Waals surface area contributed by atoms with Crippen LogP contribution in [0.3, 0.4) is 0 Å². The van der Waals surface area contributed by atoms with E-state index in [1.807, 2.05) is 13.8 Å². The Morgan fingerprint density at radius 2 is 2.23 bits per heavy atom. The maximum Gasteiger partial charge on any atom is 0.278 e. The van der Waals surface area contributed by atoms with Crippen molar-refractivity contribution in [2.75, 3.05) is 6.67 Å². The van der Waals surface area contributed by atoms with Crippen LogP contribution in [-0.4, -0.2) is 23.5 Å². The van der Waals surface area contributed by atoms with Crippen LogP contribution in [0.4, 0.5) is 0 Å². The monoisotopic (exact) mass is 184 g/mol. The average molecular weight is 184 g/mol. The topological polar surface area (TPSA) is 87.8 Å². The van der Waals surface area contributed by atoms with Crippen molar-refractivity contribution in [3.63, 3.8) is 0 Å². The zero-order valence-corrected chi connectivity index (χ0v) is 7.57. The molecule has 0 spiro atoms. The molecule has 0 atom stereocenters. The number of carbonyl (C=O) groups is 1. The van der Waals surface area contributed by atoms with Gasteiger partial charge in [0.25, 0.3) is 5.91 Å². The Morgan fingerprint density at radius 3 is 2.69 bits per heavy atom. The highest BCUT2D eigenvalue weighted by Crippen LogP contribution is 2.13. The fourth-order valence-corrected chi connectivity index (χ4v) is 1.13. The lowest BCUT2D eigenvalue weighted by Crippen LogP contribution is -2.48. The van der Waals surface area contributed by atoms with Gasteiger partial charge in [-0.25, -0.2) is 0 Å². The van der Waals surface area contributed by atoms with Crippen LogP contribution < -0.4 is 11.1 Å². The highest BCUT2D eigenvalue weighted by Gasteiger charge is 2.26. The molecular formula is C7H12N4O2. The zero-order valence-electron chi connectivity index (χ0n) is 7.57. The van der Waals surface area contributed by atoms with Crippen molar-refractivity contribution in [2.24, 2.45) is 10.9 Å². The van der Waals surface area contributed by atoms with Gasteiger partial charge >= 0.3 is 0 Å². The predicted molar refractivity (Wildman–Crippen MR) is 47.0 cm³/mol. The molecule has 6 nitrogen and oxygen atoms in total. The summed E-state index contributed by atoms with van der Waals surface area (Å²) in [5.74, 6) is -0.363. The summed E-state index contributed by atoms with van der Waals surface area (Å²) in [6.07, 6.45) is 0. The molecule has 0 aromatic heterocycles. The number of amides is 1. The van der Waals surface area contributed by atoms with Gasteiger partial charge in [-0.2, -0.15) is 0 Å². The standard InChI is InChI=1S/C7H12N4O2/c1-4(2)11-3-9-7(12)5(10-13)6(11)8/h4H,3,8H2,1-2H3,(H,9,12). The Balaban J connectivity index is 3.02. The molecule has 72 valence electrons. The summed E-state index contributed by atoms with van der Waals surface area (Å²) < 4.78 is 0. The van der Waals surface area contributed by atoms with Crippen molar-refractivity contribution in [2.45, 2.75) is 19.9 Å². The zero-order chi connectivity index (χ0) is 10.0. The molecule has 1 rings (SSSR count). The molecule has 6 heteroatoms. The smallest absolute Gasteiger partial charge is 0.278 e. The van der Waals surface area contributed by atoms with E-state index < -0.39 is 5.91 Å². The number of rotatable bonds is 2.